The summed E-state index contributed by atoms with van der Waals surface area (Å²) < 4.78 is 14.2. The van der Waals surface area contributed by atoms with E-state index < -0.39 is 0 Å². The molecule has 2 aromatic carbocycles. The topological polar surface area (TPSA) is 3.24 Å². The molecule has 1 heterocycles. The highest BCUT2D eigenvalue weighted by atomic mass is 79.9. The summed E-state index contributed by atoms with van der Waals surface area (Å²) in [5, 5.41) is 0. The van der Waals surface area contributed by atoms with E-state index in [0.29, 0.717) is 10.5 Å². The van der Waals surface area contributed by atoms with Gasteiger partial charge in [0.05, 0.1) is 4.47 Å². The first kappa shape index (κ1) is 11.7. The SMILES string of the molecule is CC1Cc2ccccc2N1c1ccc(Br)c(F)c1. The second-order valence-corrected chi connectivity index (χ2v) is 5.50. The summed E-state index contributed by atoms with van der Waals surface area (Å²) in [7, 11) is 0. The lowest BCUT2D eigenvalue weighted by atomic mass is 10.1. The van der Waals surface area contributed by atoms with Gasteiger partial charge in [-0.1, -0.05) is 18.2 Å². The lowest BCUT2D eigenvalue weighted by Crippen LogP contribution is -2.23. The molecule has 3 rings (SSSR count). The molecule has 1 aliphatic rings. The molecule has 1 unspecified atom stereocenters. The van der Waals surface area contributed by atoms with Gasteiger partial charge in [0.2, 0.25) is 0 Å². The van der Waals surface area contributed by atoms with Gasteiger partial charge in [0.25, 0.3) is 0 Å². The highest BCUT2D eigenvalue weighted by Crippen LogP contribution is 2.38. The van der Waals surface area contributed by atoms with Crippen molar-refractivity contribution in [2.24, 2.45) is 0 Å². The molecule has 0 spiro atoms. The average Bonchev–Trinajstić information content (AvgIpc) is 2.69. The Balaban J connectivity index is 2.09. The summed E-state index contributed by atoms with van der Waals surface area (Å²) in [4.78, 5) is 2.20. The van der Waals surface area contributed by atoms with Crippen LogP contribution >= 0.6 is 15.9 Å². The predicted octanol–water partition coefficient (Wildman–Crippen LogP) is 4.67. The molecule has 1 aliphatic heterocycles. The Hall–Kier alpha value is -1.35. The van der Waals surface area contributed by atoms with Crippen molar-refractivity contribution in [1.82, 2.24) is 0 Å². The molecule has 0 amide bonds. The van der Waals surface area contributed by atoms with Crippen LogP contribution in [-0.2, 0) is 6.42 Å². The van der Waals surface area contributed by atoms with Crippen LogP contribution in [0.4, 0.5) is 15.8 Å². The van der Waals surface area contributed by atoms with E-state index in [-0.39, 0.29) is 5.82 Å². The summed E-state index contributed by atoms with van der Waals surface area (Å²) in [6, 6.07) is 14.0. The van der Waals surface area contributed by atoms with E-state index in [9.17, 15) is 4.39 Å². The van der Waals surface area contributed by atoms with Crippen LogP contribution in [0.1, 0.15) is 12.5 Å². The molecule has 0 fully saturated rings. The van der Waals surface area contributed by atoms with Gasteiger partial charge in [-0.2, -0.15) is 0 Å². The van der Waals surface area contributed by atoms with Crippen LogP contribution in [0.15, 0.2) is 46.9 Å². The summed E-state index contributed by atoms with van der Waals surface area (Å²) in [6.45, 7) is 2.17. The first-order valence-electron chi connectivity index (χ1n) is 5.99. The molecule has 0 N–H and O–H groups in total. The fourth-order valence-corrected chi connectivity index (χ4v) is 2.84. The minimum atomic E-state index is -0.218. The lowest BCUT2D eigenvalue weighted by molar-refractivity contribution is 0.620. The summed E-state index contributed by atoms with van der Waals surface area (Å²) in [5.41, 5.74) is 3.42. The van der Waals surface area contributed by atoms with Gasteiger partial charge in [0.15, 0.2) is 0 Å². The number of para-hydroxylation sites is 1. The molecule has 1 atom stereocenters. The Bertz CT molecular complexity index is 597. The number of hydrogen-bond donors (Lipinski definition) is 0. The molecule has 0 saturated heterocycles. The minimum Gasteiger partial charge on any atom is -0.338 e. The Labute approximate surface area is 114 Å². The number of nitrogens with zero attached hydrogens (tertiary/aromatic N) is 1. The maximum atomic E-state index is 13.7. The summed E-state index contributed by atoms with van der Waals surface area (Å²) in [5.74, 6) is -0.218. The molecule has 2 aromatic rings. The molecule has 0 bridgehead atoms. The van der Waals surface area contributed by atoms with E-state index >= 15 is 0 Å². The van der Waals surface area contributed by atoms with E-state index in [1.165, 1.54) is 11.3 Å². The van der Waals surface area contributed by atoms with Crippen LogP contribution in [0.3, 0.4) is 0 Å². The first-order valence-corrected chi connectivity index (χ1v) is 6.78. The standard InChI is InChI=1S/C15H13BrFN/c1-10-8-11-4-2-3-5-15(11)18(10)12-6-7-13(16)14(17)9-12/h2-7,9-10H,8H2,1H3. The first-order chi connectivity index (χ1) is 8.66. The van der Waals surface area contributed by atoms with Gasteiger partial charge in [0.1, 0.15) is 5.82 Å². The fraction of sp³-hybridized carbons (Fsp3) is 0.200. The van der Waals surface area contributed by atoms with E-state index in [0.717, 1.165) is 12.1 Å². The number of fused-ring (bicyclic) bond motifs is 1. The Kier molecular flexibility index (Phi) is 2.86. The van der Waals surface area contributed by atoms with Crippen molar-refractivity contribution >= 4 is 27.3 Å². The molecule has 0 aromatic heterocycles. The molecule has 3 heteroatoms. The second-order valence-electron chi connectivity index (χ2n) is 4.65. The van der Waals surface area contributed by atoms with Gasteiger partial charge >= 0.3 is 0 Å². The normalized spacial score (nSPS) is 17.9. The van der Waals surface area contributed by atoms with Crippen LogP contribution in [0.2, 0.25) is 0 Å². The third-order valence-corrected chi connectivity index (χ3v) is 4.03. The minimum absolute atomic E-state index is 0.218. The van der Waals surface area contributed by atoms with Crippen molar-refractivity contribution in [3.8, 4) is 0 Å². The molecular weight excluding hydrogens is 293 g/mol. The number of benzene rings is 2. The fourth-order valence-electron chi connectivity index (χ4n) is 2.59. The van der Waals surface area contributed by atoms with Gasteiger partial charge in [-0.15, -0.1) is 0 Å². The second kappa shape index (κ2) is 4.39. The zero-order chi connectivity index (χ0) is 12.7. The predicted molar refractivity (Wildman–Crippen MR) is 75.8 cm³/mol. The largest absolute Gasteiger partial charge is 0.338 e. The van der Waals surface area contributed by atoms with Crippen molar-refractivity contribution < 1.29 is 4.39 Å². The van der Waals surface area contributed by atoms with E-state index in [1.807, 2.05) is 12.1 Å². The zero-order valence-corrected chi connectivity index (χ0v) is 11.6. The maximum absolute atomic E-state index is 13.7. The molecule has 92 valence electrons. The highest BCUT2D eigenvalue weighted by molar-refractivity contribution is 9.10. The maximum Gasteiger partial charge on any atom is 0.139 e. The van der Waals surface area contributed by atoms with Crippen molar-refractivity contribution in [2.75, 3.05) is 4.90 Å². The molecule has 0 radical (unpaired) electrons. The Morgan fingerprint density at radius 2 is 2.00 bits per heavy atom. The van der Waals surface area contributed by atoms with Gasteiger partial charge in [-0.3, -0.25) is 0 Å². The third-order valence-electron chi connectivity index (χ3n) is 3.39. The number of rotatable bonds is 1. The molecule has 1 nitrogen and oxygen atoms in total. The van der Waals surface area contributed by atoms with Gasteiger partial charge in [0, 0.05) is 17.4 Å². The molecule has 0 saturated carbocycles. The van der Waals surface area contributed by atoms with Crippen molar-refractivity contribution in [2.45, 2.75) is 19.4 Å². The van der Waals surface area contributed by atoms with Crippen LogP contribution < -0.4 is 4.90 Å². The van der Waals surface area contributed by atoms with Crippen LogP contribution in [0.5, 0.6) is 0 Å². The van der Waals surface area contributed by atoms with E-state index in [4.69, 9.17) is 0 Å². The van der Waals surface area contributed by atoms with Crippen LogP contribution in [0.25, 0.3) is 0 Å². The Morgan fingerprint density at radius 1 is 1.22 bits per heavy atom. The summed E-state index contributed by atoms with van der Waals surface area (Å²) in [6.07, 6.45) is 1.01. The van der Waals surface area contributed by atoms with Crippen molar-refractivity contribution in [3.63, 3.8) is 0 Å². The van der Waals surface area contributed by atoms with Crippen molar-refractivity contribution in [3.05, 3.63) is 58.3 Å². The smallest absolute Gasteiger partial charge is 0.139 e. The summed E-state index contributed by atoms with van der Waals surface area (Å²) >= 11 is 3.19. The molecule has 0 aliphatic carbocycles. The quantitative estimate of drug-likeness (QED) is 0.740. The van der Waals surface area contributed by atoms with E-state index in [2.05, 4.69) is 46.0 Å². The van der Waals surface area contributed by atoms with Crippen LogP contribution in [0, 0.1) is 5.82 Å². The zero-order valence-electron chi connectivity index (χ0n) is 10.0. The van der Waals surface area contributed by atoms with E-state index in [1.54, 1.807) is 12.1 Å². The molecular formula is C15H13BrFN. The Morgan fingerprint density at radius 3 is 2.78 bits per heavy atom. The van der Waals surface area contributed by atoms with Crippen LogP contribution in [-0.4, -0.2) is 6.04 Å². The number of halogens is 2. The number of hydrogen-bond acceptors (Lipinski definition) is 1. The van der Waals surface area contributed by atoms with Gasteiger partial charge < -0.3 is 4.90 Å². The average molecular weight is 306 g/mol. The highest BCUT2D eigenvalue weighted by Gasteiger charge is 2.26. The third kappa shape index (κ3) is 1.83. The van der Waals surface area contributed by atoms with Gasteiger partial charge in [-0.25, -0.2) is 4.39 Å². The van der Waals surface area contributed by atoms with Gasteiger partial charge in [-0.05, 0) is 59.1 Å². The molecule has 18 heavy (non-hydrogen) atoms. The van der Waals surface area contributed by atoms with Crippen molar-refractivity contribution in [1.29, 1.82) is 0 Å². The number of anilines is 2. The lowest BCUT2D eigenvalue weighted by Gasteiger charge is -2.25. The monoisotopic (exact) mass is 305 g/mol.